The molecule has 0 fully saturated rings. The van der Waals surface area contributed by atoms with E-state index in [0.717, 1.165) is 12.8 Å². The molecule has 0 aromatic heterocycles. The molecule has 1 atom stereocenters. The molecule has 2 N–H and O–H groups in total. The Hall–Kier alpha value is -0.930. The molecule has 0 aliphatic carbocycles. The zero-order valence-corrected chi connectivity index (χ0v) is 13.8. The molecule has 1 rings (SSSR count). The third-order valence-electron chi connectivity index (χ3n) is 3.90. The van der Waals surface area contributed by atoms with Crippen LogP contribution in [0.2, 0.25) is 5.02 Å². The summed E-state index contributed by atoms with van der Waals surface area (Å²) in [5, 5.41) is 0.0851. The number of benzene rings is 1. The Morgan fingerprint density at radius 1 is 1.33 bits per heavy atom. The number of halogens is 2. The van der Waals surface area contributed by atoms with Crippen LogP contribution in [0.5, 0.6) is 0 Å². The first-order chi connectivity index (χ1) is 9.74. The summed E-state index contributed by atoms with van der Waals surface area (Å²) in [4.78, 5) is 12.1. The van der Waals surface area contributed by atoms with E-state index < -0.39 is 5.82 Å². The Bertz CT molecular complexity index is 482. The van der Waals surface area contributed by atoms with E-state index in [4.69, 9.17) is 17.3 Å². The Balaban J connectivity index is 2.54. The van der Waals surface area contributed by atoms with E-state index in [1.54, 1.807) is 6.07 Å². The number of hydrogen-bond acceptors (Lipinski definition) is 2. The zero-order chi connectivity index (χ0) is 16.0. The largest absolute Gasteiger partial charge is 0.330 e. The van der Waals surface area contributed by atoms with Crippen molar-refractivity contribution in [1.29, 1.82) is 0 Å². The third kappa shape index (κ3) is 6.15. The van der Waals surface area contributed by atoms with Crippen LogP contribution in [0.4, 0.5) is 4.39 Å². The van der Waals surface area contributed by atoms with Crippen LogP contribution in [0.25, 0.3) is 0 Å². The molecule has 1 unspecified atom stereocenters. The van der Waals surface area contributed by atoms with Crippen molar-refractivity contribution in [2.45, 2.75) is 46.5 Å². The highest BCUT2D eigenvalue weighted by atomic mass is 35.5. The summed E-state index contributed by atoms with van der Waals surface area (Å²) in [6, 6.07) is 4.53. The van der Waals surface area contributed by atoms with E-state index in [0.29, 0.717) is 24.4 Å². The van der Waals surface area contributed by atoms with Gasteiger partial charge in [-0.25, -0.2) is 4.39 Å². The molecule has 118 valence electrons. The number of ketones is 1. The van der Waals surface area contributed by atoms with Crippen LogP contribution in [0.15, 0.2) is 18.2 Å². The summed E-state index contributed by atoms with van der Waals surface area (Å²) in [5.74, 6) is 0.0778. The predicted molar refractivity (Wildman–Crippen MR) is 86.0 cm³/mol. The molecule has 2 nitrogen and oxygen atoms in total. The van der Waals surface area contributed by atoms with Crippen molar-refractivity contribution < 1.29 is 9.18 Å². The molecule has 0 radical (unpaired) electrons. The molecule has 1 aromatic rings. The smallest absolute Gasteiger partial charge is 0.142 e. The predicted octanol–water partition coefficient (Wildman–Crippen LogP) is 4.38. The minimum absolute atomic E-state index is 0.0851. The molecule has 0 aliphatic rings. The number of rotatable bonds is 7. The maximum atomic E-state index is 13.3. The average molecular weight is 314 g/mol. The number of nitrogens with two attached hydrogens (primary N) is 1. The van der Waals surface area contributed by atoms with Gasteiger partial charge in [-0.2, -0.15) is 0 Å². The second-order valence-corrected chi connectivity index (χ2v) is 7.05. The number of hydrogen-bond donors (Lipinski definition) is 1. The lowest BCUT2D eigenvalue weighted by Crippen LogP contribution is -2.24. The molecule has 0 spiro atoms. The SMILES string of the molecule is CC(C)(C)C(CCN)CCC(=O)Cc1ccc(Cl)c(F)c1. The van der Waals surface area contributed by atoms with E-state index in [1.807, 2.05) is 0 Å². The van der Waals surface area contributed by atoms with Gasteiger partial charge in [-0.15, -0.1) is 0 Å². The zero-order valence-electron chi connectivity index (χ0n) is 13.1. The van der Waals surface area contributed by atoms with Crippen molar-refractivity contribution >= 4 is 17.4 Å². The molecule has 1 aromatic carbocycles. The minimum Gasteiger partial charge on any atom is -0.330 e. The molecule has 4 heteroatoms. The van der Waals surface area contributed by atoms with Crippen LogP contribution in [0.3, 0.4) is 0 Å². The highest BCUT2D eigenvalue weighted by Crippen LogP contribution is 2.32. The highest BCUT2D eigenvalue weighted by molar-refractivity contribution is 6.30. The summed E-state index contributed by atoms with van der Waals surface area (Å²) < 4.78 is 13.3. The van der Waals surface area contributed by atoms with Crippen molar-refractivity contribution in [3.63, 3.8) is 0 Å². The molecule has 21 heavy (non-hydrogen) atoms. The summed E-state index contributed by atoms with van der Waals surface area (Å²) in [6.45, 7) is 7.16. The van der Waals surface area contributed by atoms with Crippen molar-refractivity contribution in [3.8, 4) is 0 Å². The fraction of sp³-hybridized carbons (Fsp3) is 0.588. The number of carbonyl (C=O) groups is 1. The van der Waals surface area contributed by atoms with Gasteiger partial charge in [0.05, 0.1) is 5.02 Å². The lowest BCUT2D eigenvalue weighted by atomic mass is 9.76. The minimum atomic E-state index is -0.474. The molecule has 0 amide bonds. The van der Waals surface area contributed by atoms with Gasteiger partial charge < -0.3 is 5.73 Å². The fourth-order valence-electron chi connectivity index (χ4n) is 2.51. The second kappa shape index (κ2) is 7.90. The third-order valence-corrected chi connectivity index (χ3v) is 4.20. The van der Waals surface area contributed by atoms with Crippen molar-refractivity contribution in [3.05, 3.63) is 34.6 Å². The summed E-state index contributed by atoms with van der Waals surface area (Å²) in [5.41, 5.74) is 6.47. The van der Waals surface area contributed by atoms with Gasteiger partial charge in [-0.1, -0.05) is 38.4 Å². The highest BCUT2D eigenvalue weighted by Gasteiger charge is 2.24. The van der Waals surface area contributed by atoms with Crippen LogP contribution >= 0.6 is 11.6 Å². The van der Waals surface area contributed by atoms with E-state index in [1.165, 1.54) is 12.1 Å². The average Bonchev–Trinajstić information content (AvgIpc) is 2.37. The normalized spacial score (nSPS) is 13.2. The lowest BCUT2D eigenvalue weighted by molar-refractivity contribution is -0.118. The van der Waals surface area contributed by atoms with E-state index in [9.17, 15) is 9.18 Å². The summed E-state index contributed by atoms with van der Waals surface area (Å²) in [7, 11) is 0. The van der Waals surface area contributed by atoms with Gasteiger partial charge in [-0.3, -0.25) is 4.79 Å². The van der Waals surface area contributed by atoms with E-state index >= 15 is 0 Å². The Kier molecular flexibility index (Phi) is 6.82. The summed E-state index contributed by atoms with van der Waals surface area (Å²) >= 11 is 5.63. The van der Waals surface area contributed by atoms with Crippen LogP contribution in [0, 0.1) is 17.2 Å². The molecule has 0 bridgehead atoms. The molecule has 0 saturated heterocycles. The van der Waals surface area contributed by atoms with Gasteiger partial charge in [-0.05, 0) is 48.4 Å². The fourth-order valence-corrected chi connectivity index (χ4v) is 2.63. The van der Waals surface area contributed by atoms with Crippen molar-refractivity contribution in [1.82, 2.24) is 0 Å². The second-order valence-electron chi connectivity index (χ2n) is 6.64. The van der Waals surface area contributed by atoms with Gasteiger partial charge in [0.2, 0.25) is 0 Å². The Morgan fingerprint density at radius 2 is 2.00 bits per heavy atom. The maximum absolute atomic E-state index is 13.3. The Labute approximate surface area is 131 Å². The van der Waals surface area contributed by atoms with Gasteiger partial charge in [0.25, 0.3) is 0 Å². The lowest BCUT2D eigenvalue weighted by Gasteiger charge is -2.30. The number of carbonyl (C=O) groups excluding carboxylic acids is 1. The molecule has 0 saturated carbocycles. The van der Waals surface area contributed by atoms with Crippen molar-refractivity contribution in [2.75, 3.05) is 6.54 Å². The Morgan fingerprint density at radius 3 is 2.52 bits per heavy atom. The van der Waals surface area contributed by atoms with Gasteiger partial charge in [0.15, 0.2) is 0 Å². The number of Topliss-reactive ketones (excluding diaryl/α,β-unsaturated/α-hetero) is 1. The quantitative estimate of drug-likeness (QED) is 0.811. The van der Waals surface area contributed by atoms with E-state index in [2.05, 4.69) is 20.8 Å². The molecular formula is C17H25ClFNO. The van der Waals surface area contributed by atoms with Crippen LogP contribution in [-0.2, 0) is 11.2 Å². The topological polar surface area (TPSA) is 43.1 Å². The molecular weight excluding hydrogens is 289 g/mol. The monoisotopic (exact) mass is 313 g/mol. The van der Waals surface area contributed by atoms with Gasteiger partial charge in [0.1, 0.15) is 11.6 Å². The van der Waals surface area contributed by atoms with Gasteiger partial charge >= 0.3 is 0 Å². The first-order valence-electron chi connectivity index (χ1n) is 7.39. The standard InChI is InChI=1S/C17H25ClFNO/c1-17(2,3)13(8-9-20)5-6-14(21)10-12-4-7-15(18)16(19)11-12/h4,7,11,13H,5-6,8-10,20H2,1-3H3. The van der Waals surface area contributed by atoms with Crippen LogP contribution < -0.4 is 5.73 Å². The first-order valence-corrected chi connectivity index (χ1v) is 7.77. The van der Waals surface area contributed by atoms with Crippen LogP contribution in [-0.4, -0.2) is 12.3 Å². The van der Waals surface area contributed by atoms with Gasteiger partial charge in [0, 0.05) is 12.8 Å². The molecule has 0 aliphatic heterocycles. The maximum Gasteiger partial charge on any atom is 0.142 e. The van der Waals surface area contributed by atoms with Crippen molar-refractivity contribution in [2.24, 2.45) is 17.1 Å². The summed E-state index contributed by atoms with van der Waals surface area (Å²) in [6.07, 6.45) is 2.52. The van der Waals surface area contributed by atoms with Crippen LogP contribution in [0.1, 0.15) is 45.6 Å². The molecule has 0 heterocycles. The first kappa shape index (κ1) is 18.1. The van der Waals surface area contributed by atoms with E-state index in [-0.39, 0.29) is 22.6 Å².